The van der Waals surface area contributed by atoms with Crippen LogP contribution in [0.4, 0.5) is 4.79 Å². The normalized spacial score (nSPS) is 19.0. The van der Waals surface area contributed by atoms with Crippen LogP contribution in [-0.4, -0.2) is 76.2 Å². The molecule has 3 amide bonds. The minimum Gasteiger partial charge on any atom is -0.497 e. The number of aromatic nitrogens is 2. The zero-order valence-corrected chi connectivity index (χ0v) is 21.0. The first-order chi connectivity index (χ1) is 17.4. The molecule has 9 nitrogen and oxygen atoms in total. The maximum atomic E-state index is 13.3. The average molecular weight is 492 g/mol. The lowest BCUT2D eigenvalue weighted by Gasteiger charge is -2.50. The Labute approximate surface area is 210 Å². The first kappa shape index (κ1) is 24.1. The van der Waals surface area contributed by atoms with Crippen molar-refractivity contribution in [2.24, 2.45) is 0 Å². The summed E-state index contributed by atoms with van der Waals surface area (Å²) in [6.45, 7) is 5.24. The highest BCUT2D eigenvalue weighted by Gasteiger charge is 2.49. The molecule has 1 atom stereocenters. The number of urea groups is 1. The lowest BCUT2D eigenvalue weighted by molar-refractivity contribution is 0.0520. The van der Waals surface area contributed by atoms with E-state index in [-0.39, 0.29) is 30.0 Å². The van der Waals surface area contributed by atoms with Crippen molar-refractivity contribution in [3.05, 3.63) is 59.5 Å². The van der Waals surface area contributed by atoms with E-state index >= 15 is 0 Å². The number of aromatic amines is 1. The minimum atomic E-state index is -0.490. The number of likely N-dealkylation sites (tertiary alicyclic amines) is 1. The molecule has 2 aromatic heterocycles. The van der Waals surface area contributed by atoms with Crippen molar-refractivity contribution in [3.63, 3.8) is 0 Å². The third kappa shape index (κ3) is 4.07. The number of amides is 3. The van der Waals surface area contributed by atoms with Gasteiger partial charge in [-0.2, -0.15) is 0 Å². The molecule has 4 heterocycles. The molecule has 0 radical (unpaired) electrons. The van der Waals surface area contributed by atoms with E-state index in [2.05, 4.69) is 21.4 Å². The fourth-order valence-electron chi connectivity index (χ4n) is 5.75. The fourth-order valence-corrected chi connectivity index (χ4v) is 5.75. The number of hydrogen-bond acceptors (Lipinski definition) is 5. The maximum Gasteiger partial charge on any atom is 0.318 e. The van der Waals surface area contributed by atoms with Crippen molar-refractivity contribution in [1.29, 1.82) is 0 Å². The standard InChI is InChI=1S/C27H33N5O4/c1-17(2)29-26(35)32-16-27(9-12-31(13-10-27)25(34)20-6-4-5-11-28-20)23-19-8-7-18(36-3)14-21(19)30-24(23)22(32)15-33/h4-8,11,14,17,22,30,33H,9-10,12-13,15-16H2,1-3H3,(H,29,35)/t22-/m1/s1. The Morgan fingerprint density at radius 3 is 2.67 bits per heavy atom. The molecule has 0 saturated carbocycles. The SMILES string of the molecule is COc1ccc2c3c([nH]c2c1)[C@@H](CO)N(C(=O)NC(C)C)CC31CCN(C(=O)c2ccccn2)CC1. The van der Waals surface area contributed by atoms with Gasteiger partial charge >= 0.3 is 6.03 Å². The van der Waals surface area contributed by atoms with Crippen molar-refractivity contribution in [2.75, 3.05) is 33.4 Å². The van der Waals surface area contributed by atoms with Gasteiger partial charge in [-0.15, -0.1) is 0 Å². The van der Waals surface area contributed by atoms with E-state index in [1.165, 1.54) is 0 Å². The molecule has 1 aromatic carbocycles. The number of carbonyl (C=O) groups excluding carboxylic acids is 2. The Morgan fingerprint density at radius 2 is 2.03 bits per heavy atom. The molecule has 3 aromatic rings. The summed E-state index contributed by atoms with van der Waals surface area (Å²) in [4.78, 5) is 37.7. The van der Waals surface area contributed by atoms with Crippen molar-refractivity contribution < 1.29 is 19.4 Å². The summed E-state index contributed by atoms with van der Waals surface area (Å²) >= 11 is 0. The van der Waals surface area contributed by atoms with E-state index in [4.69, 9.17) is 4.74 Å². The Balaban J connectivity index is 1.55. The monoisotopic (exact) mass is 491 g/mol. The predicted molar refractivity (Wildman–Crippen MR) is 136 cm³/mol. The van der Waals surface area contributed by atoms with Gasteiger partial charge in [0, 0.05) is 60.0 Å². The van der Waals surface area contributed by atoms with Gasteiger partial charge < -0.3 is 29.9 Å². The Bertz CT molecular complexity index is 1260. The third-order valence-corrected chi connectivity index (χ3v) is 7.49. The number of hydrogen-bond donors (Lipinski definition) is 3. The molecule has 36 heavy (non-hydrogen) atoms. The number of nitrogens with zero attached hydrogens (tertiary/aromatic N) is 3. The quantitative estimate of drug-likeness (QED) is 0.519. The average Bonchev–Trinajstić information content (AvgIpc) is 3.28. The van der Waals surface area contributed by atoms with Crippen LogP contribution in [0, 0.1) is 0 Å². The van der Waals surface area contributed by atoms with Crippen molar-refractivity contribution >= 4 is 22.8 Å². The van der Waals surface area contributed by atoms with Crippen molar-refractivity contribution in [3.8, 4) is 5.75 Å². The number of rotatable bonds is 4. The number of aliphatic hydroxyl groups excluding tert-OH is 1. The van der Waals surface area contributed by atoms with Gasteiger partial charge in [0.15, 0.2) is 0 Å². The smallest absolute Gasteiger partial charge is 0.318 e. The highest BCUT2D eigenvalue weighted by molar-refractivity contribution is 5.92. The number of methoxy groups -OCH3 is 1. The topological polar surface area (TPSA) is 111 Å². The van der Waals surface area contributed by atoms with E-state index in [1.54, 1.807) is 30.3 Å². The molecule has 1 saturated heterocycles. The number of pyridine rings is 1. The molecule has 1 spiro atoms. The summed E-state index contributed by atoms with van der Waals surface area (Å²) in [7, 11) is 1.63. The van der Waals surface area contributed by atoms with E-state index in [1.807, 2.05) is 36.9 Å². The molecule has 3 N–H and O–H groups in total. The van der Waals surface area contributed by atoms with Crippen LogP contribution in [0.3, 0.4) is 0 Å². The van der Waals surface area contributed by atoms with Crippen LogP contribution in [0.5, 0.6) is 5.75 Å². The number of ether oxygens (including phenoxy) is 1. The molecule has 1 fully saturated rings. The molecule has 9 heteroatoms. The van der Waals surface area contributed by atoms with Gasteiger partial charge in [0.05, 0.1) is 19.8 Å². The number of nitrogens with one attached hydrogen (secondary N) is 2. The first-order valence-corrected chi connectivity index (χ1v) is 12.5. The van der Waals surface area contributed by atoms with Crippen molar-refractivity contribution in [1.82, 2.24) is 25.1 Å². The van der Waals surface area contributed by atoms with E-state index in [0.29, 0.717) is 38.2 Å². The Kier molecular flexibility index (Phi) is 6.34. The summed E-state index contributed by atoms with van der Waals surface area (Å²) in [5, 5.41) is 14.5. The molecule has 5 rings (SSSR count). The predicted octanol–water partition coefficient (Wildman–Crippen LogP) is 3.21. The largest absolute Gasteiger partial charge is 0.497 e. The summed E-state index contributed by atoms with van der Waals surface area (Å²) in [6.07, 6.45) is 3.02. The Morgan fingerprint density at radius 1 is 1.25 bits per heavy atom. The molecule has 0 unspecified atom stereocenters. The molecule has 2 aliphatic heterocycles. The number of aliphatic hydroxyl groups is 1. The highest BCUT2D eigenvalue weighted by atomic mass is 16.5. The number of H-pyrrole nitrogens is 1. The maximum absolute atomic E-state index is 13.3. The molecular weight excluding hydrogens is 458 g/mol. The van der Waals surface area contributed by atoms with E-state index in [9.17, 15) is 14.7 Å². The second kappa shape index (κ2) is 9.46. The van der Waals surface area contributed by atoms with Gasteiger partial charge in [-0.3, -0.25) is 9.78 Å². The van der Waals surface area contributed by atoms with Crippen LogP contribution in [0.15, 0.2) is 42.6 Å². The highest BCUT2D eigenvalue weighted by Crippen LogP contribution is 2.49. The van der Waals surface area contributed by atoms with Crippen LogP contribution in [-0.2, 0) is 5.41 Å². The summed E-state index contributed by atoms with van der Waals surface area (Å²) in [6, 6.07) is 10.6. The van der Waals surface area contributed by atoms with E-state index in [0.717, 1.165) is 27.9 Å². The van der Waals surface area contributed by atoms with Crippen molar-refractivity contribution in [2.45, 2.75) is 44.2 Å². The summed E-state index contributed by atoms with van der Waals surface area (Å²) in [5.74, 6) is 0.661. The van der Waals surface area contributed by atoms with E-state index < -0.39 is 6.04 Å². The number of carbonyl (C=O) groups is 2. The molecule has 190 valence electrons. The van der Waals surface area contributed by atoms with Crippen LogP contribution >= 0.6 is 0 Å². The van der Waals surface area contributed by atoms with Crippen LogP contribution < -0.4 is 10.1 Å². The van der Waals surface area contributed by atoms with Gasteiger partial charge in [-0.1, -0.05) is 6.07 Å². The third-order valence-electron chi connectivity index (χ3n) is 7.49. The van der Waals surface area contributed by atoms with Gasteiger partial charge in [0.25, 0.3) is 5.91 Å². The minimum absolute atomic E-state index is 0.0287. The second-order valence-electron chi connectivity index (χ2n) is 10.0. The molecule has 2 aliphatic rings. The number of benzene rings is 1. The lowest BCUT2D eigenvalue weighted by Crippen LogP contribution is -2.58. The molecule has 0 bridgehead atoms. The first-order valence-electron chi connectivity index (χ1n) is 12.5. The molecule has 0 aliphatic carbocycles. The van der Waals surface area contributed by atoms with Gasteiger partial charge in [-0.05, 0) is 56.5 Å². The second-order valence-corrected chi connectivity index (χ2v) is 10.0. The van der Waals surface area contributed by atoms with Gasteiger partial charge in [0.2, 0.25) is 0 Å². The van der Waals surface area contributed by atoms with Crippen LogP contribution in [0.25, 0.3) is 10.9 Å². The molecular formula is C27H33N5O4. The zero-order valence-electron chi connectivity index (χ0n) is 21.0. The van der Waals surface area contributed by atoms with Gasteiger partial charge in [-0.25, -0.2) is 4.79 Å². The van der Waals surface area contributed by atoms with Crippen LogP contribution in [0.1, 0.15) is 54.5 Å². The zero-order chi connectivity index (χ0) is 25.4. The lowest BCUT2D eigenvalue weighted by atomic mass is 9.68. The number of fused-ring (bicyclic) bond motifs is 4. The number of piperidine rings is 1. The summed E-state index contributed by atoms with van der Waals surface area (Å²) in [5.41, 5.74) is 2.99. The summed E-state index contributed by atoms with van der Waals surface area (Å²) < 4.78 is 5.44. The Hall–Kier alpha value is -3.59. The van der Waals surface area contributed by atoms with Crippen LogP contribution in [0.2, 0.25) is 0 Å². The van der Waals surface area contributed by atoms with Gasteiger partial charge in [0.1, 0.15) is 11.4 Å². The fraction of sp³-hybridized carbons (Fsp3) is 0.444.